The van der Waals surface area contributed by atoms with Gasteiger partial charge in [0.05, 0.1) is 13.1 Å². The number of carboxylic acids is 1. The third-order valence-electron chi connectivity index (χ3n) is 2.90. The number of halogens is 2. The zero-order chi connectivity index (χ0) is 17.2. The van der Waals surface area contributed by atoms with Gasteiger partial charge in [-0.3, -0.25) is 14.5 Å². The first-order valence-electron chi connectivity index (χ1n) is 7.15. The van der Waals surface area contributed by atoms with Crippen LogP contribution >= 0.6 is 0 Å². The second-order valence-electron chi connectivity index (χ2n) is 4.90. The Morgan fingerprint density at radius 3 is 2.43 bits per heavy atom. The summed E-state index contributed by atoms with van der Waals surface area (Å²) in [6.45, 7) is -0.441. The molecule has 1 aromatic carbocycles. The van der Waals surface area contributed by atoms with E-state index in [0.29, 0.717) is 6.54 Å². The topological polar surface area (TPSA) is 78.9 Å². The summed E-state index contributed by atoms with van der Waals surface area (Å²) in [6.07, 6.45) is 0.742. The second-order valence-corrected chi connectivity index (χ2v) is 4.90. The van der Waals surface area contributed by atoms with Crippen LogP contribution < -0.4 is 10.1 Å². The molecule has 0 aliphatic heterocycles. The highest BCUT2D eigenvalue weighted by molar-refractivity contribution is 5.79. The van der Waals surface area contributed by atoms with Crippen molar-refractivity contribution in [1.82, 2.24) is 10.2 Å². The third-order valence-corrected chi connectivity index (χ3v) is 2.90. The molecular formula is C15H20F2N2O4. The summed E-state index contributed by atoms with van der Waals surface area (Å²) < 4.78 is 28.3. The fourth-order valence-electron chi connectivity index (χ4n) is 1.97. The molecule has 1 aromatic rings. The largest absolute Gasteiger partial charge is 0.480 e. The predicted octanol–water partition coefficient (Wildman–Crippen LogP) is 1.70. The van der Waals surface area contributed by atoms with Gasteiger partial charge in [0.1, 0.15) is 5.75 Å². The van der Waals surface area contributed by atoms with Gasteiger partial charge in [0, 0.05) is 6.54 Å². The Morgan fingerprint density at radius 1 is 1.26 bits per heavy atom. The van der Waals surface area contributed by atoms with Crippen LogP contribution in [0.3, 0.4) is 0 Å². The zero-order valence-corrected chi connectivity index (χ0v) is 12.8. The Labute approximate surface area is 133 Å². The first kappa shape index (κ1) is 18.8. The van der Waals surface area contributed by atoms with Gasteiger partial charge in [0.15, 0.2) is 0 Å². The highest BCUT2D eigenvalue weighted by Gasteiger charge is 2.13. The number of carboxylic acid groups (broad SMARTS) is 1. The molecular weight excluding hydrogens is 310 g/mol. The van der Waals surface area contributed by atoms with Gasteiger partial charge in [-0.15, -0.1) is 0 Å². The molecule has 0 radical (unpaired) electrons. The minimum atomic E-state index is -2.88. The van der Waals surface area contributed by atoms with E-state index in [0.717, 1.165) is 12.0 Å². The number of nitrogens with zero attached hydrogens (tertiary/aromatic N) is 1. The number of carbonyl (C=O) groups is 2. The molecule has 0 atom stereocenters. The molecule has 0 saturated heterocycles. The van der Waals surface area contributed by atoms with Crippen molar-refractivity contribution in [2.24, 2.45) is 0 Å². The first-order valence-corrected chi connectivity index (χ1v) is 7.15. The average Bonchev–Trinajstić information content (AvgIpc) is 2.45. The summed E-state index contributed by atoms with van der Waals surface area (Å²) in [4.78, 5) is 24.1. The number of hydrogen-bond donors (Lipinski definition) is 2. The van der Waals surface area contributed by atoms with Gasteiger partial charge in [-0.2, -0.15) is 8.78 Å². The molecule has 6 nitrogen and oxygen atoms in total. The Hall–Kier alpha value is -2.22. The average molecular weight is 330 g/mol. The molecule has 1 rings (SSSR count). The van der Waals surface area contributed by atoms with Crippen LogP contribution in [-0.4, -0.2) is 48.1 Å². The van der Waals surface area contributed by atoms with Crippen LogP contribution in [0.25, 0.3) is 0 Å². The fourth-order valence-corrected chi connectivity index (χ4v) is 1.97. The van der Waals surface area contributed by atoms with Crippen LogP contribution in [0.4, 0.5) is 8.78 Å². The van der Waals surface area contributed by atoms with Gasteiger partial charge in [-0.1, -0.05) is 19.1 Å². The molecule has 0 aromatic heterocycles. The number of rotatable bonds is 10. The molecule has 0 saturated carbocycles. The molecule has 1 amide bonds. The van der Waals surface area contributed by atoms with E-state index in [4.69, 9.17) is 5.11 Å². The van der Waals surface area contributed by atoms with E-state index in [-0.39, 0.29) is 31.3 Å². The smallest absolute Gasteiger partial charge is 0.387 e. The monoisotopic (exact) mass is 330 g/mol. The lowest BCUT2D eigenvalue weighted by atomic mass is 10.2. The lowest BCUT2D eigenvalue weighted by Gasteiger charge is -2.18. The number of nitrogens with one attached hydrogen (secondary N) is 1. The molecule has 2 N–H and O–H groups in total. The SMILES string of the molecule is CCCN(CC(=O)O)CC(=O)NCc1ccc(OC(F)F)cc1. The van der Waals surface area contributed by atoms with Crippen molar-refractivity contribution >= 4 is 11.9 Å². The Morgan fingerprint density at radius 2 is 1.91 bits per heavy atom. The number of alkyl halides is 2. The number of amides is 1. The molecule has 0 aliphatic carbocycles. The summed E-state index contributed by atoms with van der Waals surface area (Å²) in [5.74, 6) is -1.24. The minimum Gasteiger partial charge on any atom is -0.480 e. The van der Waals surface area contributed by atoms with Crippen LogP contribution in [0, 0.1) is 0 Å². The quantitative estimate of drug-likeness (QED) is 0.683. The van der Waals surface area contributed by atoms with Crippen LogP contribution in [0.5, 0.6) is 5.75 Å². The van der Waals surface area contributed by atoms with E-state index in [1.807, 2.05) is 6.92 Å². The summed E-state index contributed by atoms with van der Waals surface area (Å²) in [7, 11) is 0. The van der Waals surface area contributed by atoms with Crippen LogP contribution in [0.1, 0.15) is 18.9 Å². The predicted molar refractivity (Wildman–Crippen MR) is 79.3 cm³/mol. The van der Waals surface area contributed by atoms with Crippen LogP contribution in [-0.2, 0) is 16.1 Å². The molecule has 128 valence electrons. The zero-order valence-electron chi connectivity index (χ0n) is 12.8. The minimum absolute atomic E-state index is 0.00723. The second kappa shape index (κ2) is 9.73. The molecule has 0 heterocycles. The fraction of sp³-hybridized carbons (Fsp3) is 0.467. The number of hydrogen-bond acceptors (Lipinski definition) is 4. The Kier molecular flexibility index (Phi) is 7.96. The molecule has 8 heteroatoms. The van der Waals surface area contributed by atoms with Crippen LogP contribution in [0.2, 0.25) is 0 Å². The summed E-state index contributed by atoms with van der Waals surface area (Å²) in [5.41, 5.74) is 0.722. The van der Waals surface area contributed by atoms with Gasteiger partial charge in [0.2, 0.25) is 5.91 Å². The molecule has 0 fully saturated rings. The molecule has 23 heavy (non-hydrogen) atoms. The third kappa shape index (κ3) is 8.10. The number of ether oxygens (including phenoxy) is 1. The van der Waals surface area contributed by atoms with E-state index < -0.39 is 12.6 Å². The van der Waals surface area contributed by atoms with E-state index >= 15 is 0 Å². The standard InChI is InChI=1S/C15H20F2N2O4/c1-2-7-19(10-14(21)22)9-13(20)18-8-11-3-5-12(6-4-11)23-15(16)17/h3-6,15H,2,7-10H2,1H3,(H,18,20)(H,21,22). The molecule has 0 bridgehead atoms. The highest BCUT2D eigenvalue weighted by Crippen LogP contribution is 2.14. The Balaban J connectivity index is 2.43. The summed E-state index contributed by atoms with van der Waals surface area (Å²) in [6, 6.07) is 5.92. The van der Waals surface area contributed by atoms with Crippen molar-refractivity contribution in [3.05, 3.63) is 29.8 Å². The van der Waals surface area contributed by atoms with Gasteiger partial charge in [-0.05, 0) is 30.7 Å². The maximum atomic E-state index is 12.0. The Bertz CT molecular complexity index is 509. The van der Waals surface area contributed by atoms with Crippen molar-refractivity contribution in [1.29, 1.82) is 0 Å². The number of carbonyl (C=O) groups excluding carboxylic acids is 1. The van der Waals surface area contributed by atoms with Crippen molar-refractivity contribution in [3.63, 3.8) is 0 Å². The van der Waals surface area contributed by atoms with Crippen LogP contribution in [0.15, 0.2) is 24.3 Å². The van der Waals surface area contributed by atoms with E-state index in [1.165, 1.54) is 17.0 Å². The number of benzene rings is 1. The normalized spacial score (nSPS) is 10.8. The summed E-state index contributed by atoms with van der Waals surface area (Å²) in [5, 5.41) is 11.4. The maximum Gasteiger partial charge on any atom is 0.387 e. The van der Waals surface area contributed by atoms with E-state index in [1.54, 1.807) is 12.1 Å². The molecule has 0 unspecified atom stereocenters. The first-order chi connectivity index (χ1) is 10.9. The molecule has 0 spiro atoms. The number of aliphatic carboxylic acids is 1. The van der Waals surface area contributed by atoms with E-state index in [9.17, 15) is 18.4 Å². The van der Waals surface area contributed by atoms with Gasteiger partial charge < -0.3 is 15.2 Å². The van der Waals surface area contributed by atoms with Gasteiger partial charge in [0.25, 0.3) is 0 Å². The highest BCUT2D eigenvalue weighted by atomic mass is 19.3. The molecule has 0 aliphatic rings. The van der Waals surface area contributed by atoms with Crippen molar-refractivity contribution in [2.75, 3.05) is 19.6 Å². The van der Waals surface area contributed by atoms with E-state index in [2.05, 4.69) is 10.1 Å². The van der Waals surface area contributed by atoms with Crippen molar-refractivity contribution in [3.8, 4) is 5.75 Å². The van der Waals surface area contributed by atoms with Crippen molar-refractivity contribution in [2.45, 2.75) is 26.5 Å². The van der Waals surface area contributed by atoms with Crippen molar-refractivity contribution < 1.29 is 28.2 Å². The van der Waals surface area contributed by atoms with Gasteiger partial charge in [-0.25, -0.2) is 0 Å². The van der Waals surface area contributed by atoms with Gasteiger partial charge >= 0.3 is 12.6 Å². The maximum absolute atomic E-state index is 12.0. The summed E-state index contributed by atoms with van der Waals surface area (Å²) >= 11 is 0. The lowest BCUT2D eigenvalue weighted by Crippen LogP contribution is -2.39. The lowest BCUT2D eigenvalue weighted by molar-refractivity contribution is -0.138.